The van der Waals surface area contributed by atoms with Crippen LogP contribution in [0.15, 0.2) is 83.0 Å². The molecule has 5 rings (SSSR count). The Kier molecular flexibility index (Phi) is 7.38. The summed E-state index contributed by atoms with van der Waals surface area (Å²) in [7, 11) is 0. The molecule has 1 amide bonds. The molecule has 0 aliphatic heterocycles. The standard InChI is InChI=1S/C31H28F3N5O/c1-19-7-8-21(20(2)38-30(40)23-5-4-6-25(13-23)31(32,33)34)14-28(19)22-9-10-24(29(15-22)35-3)16-36-26-17-37-39(18-26)27-11-12-27/h4-10,13-18,20,27H,3,11-12H2,1-2H3,(H,38,40). The molecule has 1 saturated carbocycles. The van der Waals surface area contributed by atoms with E-state index in [9.17, 15) is 18.0 Å². The number of carbonyl (C=O) groups excluding carboxylic acids is 1. The summed E-state index contributed by atoms with van der Waals surface area (Å²) in [5.74, 6) is -0.579. The second-order valence-corrected chi connectivity index (χ2v) is 9.95. The van der Waals surface area contributed by atoms with E-state index in [1.807, 2.05) is 54.2 Å². The maximum Gasteiger partial charge on any atom is 0.416 e. The number of aromatic nitrogens is 2. The molecule has 6 nitrogen and oxygen atoms in total. The Morgan fingerprint density at radius 3 is 2.67 bits per heavy atom. The lowest BCUT2D eigenvalue weighted by atomic mass is 9.94. The summed E-state index contributed by atoms with van der Waals surface area (Å²) in [6.45, 7) is 7.50. The SMILES string of the molecule is C=Nc1cc(-c2cc(C(C)NC(=O)c3cccc(C(F)(F)F)c3)ccc2C)ccc1C=Nc1cnn(C2CC2)c1. The van der Waals surface area contributed by atoms with Crippen molar-refractivity contribution in [2.24, 2.45) is 9.98 Å². The van der Waals surface area contributed by atoms with Crippen LogP contribution in [0.2, 0.25) is 0 Å². The van der Waals surface area contributed by atoms with Crippen molar-refractivity contribution in [1.82, 2.24) is 15.1 Å². The molecule has 1 aliphatic rings. The number of aryl methyl sites for hydroxylation is 1. The maximum absolute atomic E-state index is 13.1. The first-order chi connectivity index (χ1) is 19.1. The highest BCUT2D eigenvalue weighted by Crippen LogP contribution is 2.35. The number of carbonyl (C=O) groups is 1. The van der Waals surface area contributed by atoms with Gasteiger partial charge in [0, 0.05) is 17.3 Å². The van der Waals surface area contributed by atoms with E-state index in [0.717, 1.165) is 58.5 Å². The van der Waals surface area contributed by atoms with Gasteiger partial charge in [0.2, 0.25) is 0 Å². The molecule has 9 heteroatoms. The maximum atomic E-state index is 13.1. The van der Waals surface area contributed by atoms with E-state index in [4.69, 9.17) is 0 Å². The first-order valence-electron chi connectivity index (χ1n) is 12.9. The van der Waals surface area contributed by atoms with E-state index in [1.54, 1.807) is 19.3 Å². The third-order valence-electron chi connectivity index (χ3n) is 6.93. The summed E-state index contributed by atoms with van der Waals surface area (Å²) in [6.07, 6.45) is 3.21. The van der Waals surface area contributed by atoms with Crippen LogP contribution in [-0.4, -0.2) is 28.6 Å². The average molecular weight is 544 g/mol. The number of amides is 1. The quantitative estimate of drug-likeness (QED) is 0.231. The second kappa shape index (κ2) is 10.9. The number of nitrogens with one attached hydrogen (secondary N) is 1. The Morgan fingerprint density at radius 1 is 1.15 bits per heavy atom. The van der Waals surface area contributed by atoms with Gasteiger partial charge >= 0.3 is 6.18 Å². The number of rotatable bonds is 8. The molecular weight excluding hydrogens is 515 g/mol. The number of benzene rings is 3. The Balaban J connectivity index is 1.35. The lowest BCUT2D eigenvalue weighted by Gasteiger charge is -2.18. The number of hydrogen-bond acceptors (Lipinski definition) is 4. The van der Waals surface area contributed by atoms with Gasteiger partial charge in [0.15, 0.2) is 0 Å². The Hall–Kier alpha value is -4.53. The minimum Gasteiger partial charge on any atom is -0.346 e. The summed E-state index contributed by atoms with van der Waals surface area (Å²) in [6, 6.07) is 16.1. The van der Waals surface area contributed by atoms with E-state index < -0.39 is 23.7 Å². The van der Waals surface area contributed by atoms with Crippen LogP contribution < -0.4 is 5.32 Å². The topological polar surface area (TPSA) is 71.6 Å². The fraction of sp³-hybridized carbons (Fsp3) is 0.226. The van der Waals surface area contributed by atoms with Crippen LogP contribution in [0.5, 0.6) is 0 Å². The zero-order valence-electron chi connectivity index (χ0n) is 22.1. The summed E-state index contributed by atoms with van der Waals surface area (Å²) in [4.78, 5) is 21.5. The highest BCUT2D eigenvalue weighted by molar-refractivity contribution is 5.94. The highest BCUT2D eigenvalue weighted by atomic mass is 19.4. The third kappa shape index (κ3) is 6.03. The molecule has 1 aliphatic carbocycles. The van der Waals surface area contributed by atoms with Gasteiger partial charge in [-0.2, -0.15) is 18.3 Å². The number of alkyl halides is 3. The van der Waals surface area contributed by atoms with Crippen LogP contribution in [0.25, 0.3) is 11.1 Å². The van der Waals surface area contributed by atoms with Crippen molar-refractivity contribution in [3.05, 3.63) is 101 Å². The molecule has 40 heavy (non-hydrogen) atoms. The molecule has 3 aromatic carbocycles. The van der Waals surface area contributed by atoms with E-state index in [-0.39, 0.29) is 5.56 Å². The van der Waals surface area contributed by atoms with E-state index in [2.05, 4.69) is 27.1 Å². The van der Waals surface area contributed by atoms with Crippen LogP contribution in [0.4, 0.5) is 24.5 Å². The van der Waals surface area contributed by atoms with Crippen molar-refractivity contribution in [3.8, 4) is 11.1 Å². The first-order valence-corrected chi connectivity index (χ1v) is 12.9. The molecule has 1 N–H and O–H groups in total. The molecule has 1 aromatic heterocycles. The summed E-state index contributed by atoms with van der Waals surface area (Å²) in [5.41, 5.74) is 5.03. The molecule has 0 bridgehead atoms. The van der Waals surface area contributed by atoms with Gasteiger partial charge in [-0.15, -0.1) is 0 Å². The largest absolute Gasteiger partial charge is 0.416 e. The average Bonchev–Trinajstić information content (AvgIpc) is 3.69. The summed E-state index contributed by atoms with van der Waals surface area (Å²) in [5, 5.41) is 7.17. The molecule has 0 radical (unpaired) electrons. The van der Waals surface area contributed by atoms with Gasteiger partial charge in [0.25, 0.3) is 5.91 Å². The molecular formula is C31H28F3N5O. The molecule has 1 heterocycles. The fourth-order valence-corrected chi connectivity index (χ4v) is 4.45. The number of nitrogens with zero attached hydrogens (tertiary/aromatic N) is 4. The van der Waals surface area contributed by atoms with Gasteiger partial charge in [0.05, 0.1) is 35.7 Å². The van der Waals surface area contributed by atoms with Crippen LogP contribution in [-0.2, 0) is 6.18 Å². The van der Waals surface area contributed by atoms with Gasteiger partial charge in [-0.3, -0.25) is 19.5 Å². The smallest absolute Gasteiger partial charge is 0.346 e. The van der Waals surface area contributed by atoms with Crippen LogP contribution in [0.3, 0.4) is 0 Å². The van der Waals surface area contributed by atoms with Gasteiger partial charge in [-0.1, -0.05) is 30.3 Å². The van der Waals surface area contributed by atoms with Crippen LogP contribution in [0.1, 0.15) is 64.5 Å². The summed E-state index contributed by atoms with van der Waals surface area (Å²) >= 11 is 0. The van der Waals surface area contributed by atoms with E-state index in [0.29, 0.717) is 11.7 Å². The van der Waals surface area contributed by atoms with Gasteiger partial charge < -0.3 is 5.32 Å². The molecule has 0 saturated heterocycles. The van der Waals surface area contributed by atoms with Crippen molar-refractivity contribution in [2.45, 2.75) is 44.9 Å². The zero-order chi connectivity index (χ0) is 28.4. The minimum absolute atomic E-state index is 0.0483. The van der Waals surface area contributed by atoms with E-state index in [1.165, 1.54) is 12.1 Å². The van der Waals surface area contributed by atoms with Crippen molar-refractivity contribution >= 4 is 30.2 Å². The number of aliphatic imine (C=N–C) groups is 2. The third-order valence-corrected chi connectivity index (χ3v) is 6.93. The monoisotopic (exact) mass is 543 g/mol. The normalized spacial score (nSPS) is 14.3. The lowest BCUT2D eigenvalue weighted by molar-refractivity contribution is -0.137. The molecule has 0 spiro atoms. The van der Waals surface area contributed by atoms with Gasteiger partial charge in [0.1, 0.15) is 5.69 Å². The zero-order valence-corrected chi connectivity index (χ0v) is 22.1. The Morgan fingerprint density at radius 2 is 1.95 bits per heavy atom. The predicted molar refractivity (Wildman–Crippen MR) is 151 cm³/mol. The Bertz CT molecular complexity index is 1600. The summed E-state index contributed by atoms with van der Waals surface area (Å²) < 4.78 is 41.2. The van der Waals surface area contributed by atoms with Crippen LogP contribution >= 0.6 is 0 Å². The second-order valence-electron chi connectivity index (χ2n) is 9.95. The molecule has 1 atom stereocenters. The molecule has 1 unspecified atom stereocenters. The Labute approximate surface area is 230 Å². The van der Waals surface area contributed by atoms with Crippen molar-refractivity contribution in [2.75, 3.05) is 0 Å². The number of hydrogen-bond donors (Lipinski definition) is 1. The van der Waals surface area contributed by atoms with Crippen molar-refractivity contribution < 1.29 is 18.0 Å². The molecule has 1 fully saturated rings. The van der Waals surface area contributed by atoms with Gasteiger partial charge in [-0.05, 0) is 86.0 Å². The number of halogens is 3. The predicted octanol–water partition coefficient (Wildman–Crippen LogP) is 7.79. The molecule has 4 aromatic rings. The van der Waals surface area contributed by atoms with Crippen molar-refractivity contribution in [3.63, 3.8) is 0 Å². The van der Waals surface area contributed by atoms with E-state index >= 15 is 0 Å². The molecule has 204 valence electrons. The first kappa shape index (κ1) is 27.1. The van der Waals surface area contributed by atoms with Crippen molar-refractivity contribution in [1.29, 1.82) is 0 Å². The fourth-order valence-electron chi connectivity index (χ4n) is 4.45. The highest BCUT2D eigenvalue weighted by Gasteiger charge is 2.31. The lowest BCUT2D eigenvalue weighted by Crippen LogP contribution is -2.27. The van der Waals surface area contributed by atoms with Gasteiger partial charge in [-0.25, -0.2) is 0 Å². The minimum atomic E-state index is -4.52. The van der Waals surface area contributed by atoms with Crippen LogP contribution in [0, 0.1) is 6.92 Å².